The molecule has 0 saturated carbocycles. The van der Waals surface area contributed by atoms with E-state index < -0.39 is 0 Å². The maximum absolute atomic E-state index is 11.2. The first-order valence-electron chi connectivity index (χ1n) is 4.93. The lowest BCUT2D eigenvalue weighted by Gasteiger charge is -2.07. The number of carbonyl (C=O) groups is 1. The molecule has 0 bridgehead atoms. The Morgan fingerprint density at radius 2 is 2.07 bits per heavy atom. The highest BCUT2D eigenvalue weighted by molar-refractivity contribution is 5.77. The number of nitrogens with one attached hydrogen (secondary N) is 1. The van der Waals surface area contributed by atoms with Crippen LogP contribution in [0, 0.1) is 12.0 Å². The van der Waals surface area contributed by atoms with Crippen molar-refractivity contribution in [3.63, 3.8) is 0 Å². The second-order valence-corrected chi connectivity index (χ2v) is 3.60. The quantitative estimate of drug-likeness (QED) is 0.770. The average molecular weight is 190 g/mol. The fourth-order valence-electron chi connectivity index (χ4n) is 1.12. The van der Waals surface area contributed by atoms with Crippen LogP contribution < -0.4 is 5.32 Å². The van der Waals surface area contributed by atoms with Crippen molar-refractivity contribution in [2.45, 2.75) is 20.3 Å². The monoisotopic (exact) mass is 190 g/mol. The summed E-state index contributed by atoms with van der Waals surface area (Å²) in [7, 11) is 0. The van der Waals surface area contributed by atoms with Gasteiger partial charge in [-0.15, -0.1) is 0 Å². The van der Waals surface area contributed by atoms with Crippen molar-refractivity contribution in [1.29, 1.82) is 0 Å². The highest BCUT2D eigenvalue weighted by Crippen LogP contribution is 1.98. The summed E-state index contributed by atoms with van der Waals surface area (Å²) in [4.78, 5) is 11.2. The molecule has 1 aromatic rings. The van der Waals surface area contributed by atoms with Crippen LogP contribution in [0.4, 0.5) is 0 Å². The van der Waals surface area contributed by atoms with Crippen LogP contribution in [0.1, 0.15) is 19.4 Å². The molecule has 0 atom stereocenters. The first-order valence-corrected chi connectivity index (χ1v) is 4.93. The van der Waals surface area contributed by atoms with Crippen LogP contribution in [0.15, 0.2) is 24.3 Å². The minimum absolute atomic E-state index is 0.0686. The van der Waals surface area contributed by atoms with Crippen molar-refractivity contribution in [2.75, 3.05) is 6.54 Å². The molecule has 0 aliphatic heterocycles. The number of benzene rings is 1. The maximum Gasteiger partial charge on any atom is 0.222 e. The van der Waals surface area contributed by atoms with E-state index in [-0.39, 0.29) is 11.8 Å². The zero-order valence-corrected chi connectivity index (χ0v) is 8.71. The molecule has 0 unspecified atom stereocenters. The van der Waals surface area contributed by atoms with Gasteiger partial charge >= 0.3 is 0 Å². The van der Waals surface area contributed by atoms with Crippen molar-refractivity contribution in [1.82, 2.24) is 5.32 Å². The molecule has 0 aliphatic carbocycles. The zero-order chi connectivity index (χ0) is 10.4. The molecule has 1 aromatic carbocycles. The normalized spacial score (nSPS) is 10.2. The third-order valence-corrected chi connectivity index (χ3v) is 2.02. The second-order valence-electron chi connectivity index (χ2n) is 3.60. The Morgan fingerprint density at radius 3 is 2.64 bits per heavy atom. The predicted octanol–water partition coefficient (Wildman–Crippen LogP) is 1.80. The molecule has 0 aliphatic rings. The average Bonchev–Trinajstić information content (AvgIpc) is 2.19. The van der Waals surface area contributed by atoms with E-state index in [1.54, 1.807) is 0 Å². The smallest absolute Gasteiger partial charge is 0.222 e. The van der Waals surface area contributed by atoms with Crippen LogP contribution in [0.25, 0.3) is 0 Å². The first kappa shape index (κ1) is 10.8. The molecule has 2 nitrogen and oxygen atoms in total. The lowest BCUT2D eigenvalue weighted by molar-refractivity contribution is -0.123. The summed E-state index contributed by atoms with van der Waals surface area (Å²) in [6.07, 6.45) is 0.882. The predicted molar refractivity (Wildman–Crippen MR) is 56.8 cm³/mol. The van der Waals surface area contributed by atoms with Crippen molar-refractivity contribution >= 4 is 5.91 Å². The summed E-state index contributed by atoms with van der Waals surface area (Å²) < 4.78 is 0. The molecule has 1 rings (SSSR count). The SMILES string of the molecule is CC(C)C(=O)NCCc1cc[c]cc1. The molecule has 0 aromatic heterocycles. The minimum Gasteiger partial charge on any atom is -0.356 e. The lowest BCUT2D eigenvalue weighted by Crippen LogP contribution is -2.29. The molecule has 1 radical (unpaired) electrons. The van der Waals surface area contributed by atoms with Gasteiger partial charge in [-0.3, -0.25) is 4.79 Å². The van der Waals surface area contributed by atoms with Crippen molar-refractivity contribution in [3.8, 4) is 0 Å². The fraction of sp³-hybridized carbons (Fsp3) is 0.417. The molecule has 0 heterocycles. The van der Waals surface area contributed by atoms with E-state index >= 15 is 0 Å². The Kier molecular flexibility index (Phi) is 4.17. The van der Waals surface area contributed by atoms with E-state index in [1.165, 1.54) is 5.56 Å². The summed E-state index contributed by atoms with van der Waals surface area (Å²) in [5.74, 6) is 0.187. The number of hydrogen-bond donors (Lipinski definition) is 1. The molecule has 0 spiro atoms. The highest BCUT2D eigenvalue weighted by Gasteiger charge is 2.04. The molecule has 1 N–H and O–H groups in total. The number of carbonyl (C=O) groups excluding carboxylic acids is 1. The molecule has 1 amide bonds. The Hall–Kier alpha value is -1.31. The van der Waals surface area contributed by atoms with E-state index in [0.29, 0.717) is 6.54 Å². The molecule has 75 valence electrons. The molecule has 14 heavy (non-hydrogen) atoms. The molecule has 2 heteroatoms. The highest BCUT2D eigenvalue weighted by atomic mass is 16.1. The van der Waals surface area contributed by atoms with Crippen LogP contribution in [0.5, 0.6) is 0 Å². The molecule has 0 saturated heterocycles. The van der Waals surface area contributed by atoms with Gasteiger partial charge < -0.3 is 5.32 Å². The van der Waals surface area contributed by atoms with Gasteiger partial charge in [-0.25, -0.2) is 0 Å². The van der Waals surface area contributed by atoms with E-state index in [2.05, 4.69) is 11.4 Å². The number of amides is 1. The van der Waals surface area contributed by atoms with Gasteiger partial charge in [0.15, 0.2) is 0 Å². The van der Waals surface area contributed by atoms with E-state index in [1.807, 2.05) is 38.1 Å². The summed E-state index contributed by atoms with van der Waals surface area (Å²) in [5, 5.41) is 2.88. The molecule has 0 fully saturated rings. The topological polar surface area (TPSA) is 29.1 Å². The van der Waals surface area contributed by atoms with Crippen molar-refractivity contribution in [2.24, 2.45) is 5.92 Å². The third kappa shape index (κ3) is 3.60. The van der Waals surface area contributed by atoms with Gasteiger partial charge in [0.05, 0.1) is 0 Å². The van der Waals surface area contributed by atoms with Gasteiger partial charge in [-0.05, 0) is 18.1 Å². The summed E-state index contributed by atoms with van der Waals surface area (Å²) >= 11 is 0. The summed E-state index contributed by atoms with van der Waals surface area (Å²) in [6.45, 7) is 4.50. The van der Waals surface area contributed by atoms with Crippen LogP contribution in [0.2, 0.25) is 0 Å². The van der Waals surface area contributed by atoms with Gasteiger partial charge in [0.2, 0.25) is 5.91 Å². The Balaban J connectivity index is 2.26. The Morgan fingerprint density at radius 1 is 1.43 bits per heavy atom. The van der Waals surface area contributed by atoms with Crippen LogP contribution >= 0.6 is 0 Å². The molecular formula is C12H16NO. The largest absolute Gasteiger partial charge is 0.356 e. The van der Waals surface area contributed by atoms with Gasteiger partial charge in [-0.1, -0.05) is 38.1 Å². The van der Waals surface area contributed by atoms with Crippen molar-refractivity contribution in [3.05, 3.63) is 35.9 Å². The van der Waals surface area contributed by atoms with Gasteiger partial charge in [0.1, 0.15) is 0 Å². The second kappa shape index (κ2) is 5.43. The van der Waals surface area contributed by atoms with E-state index in [9.17, 15) is 4.79 Å². The molecular weight excluding hydrogens is 174 g/mol. The summed E-state index contributed by atoms with van der Waals surface area (Å²) in [6, 6.07) is 10.8. The number of rotatable bonds is 4. The van der Waals surface area contributed by atoms with E-state index in [4.69, 9.17) is 0 Å². The Bertz CT molecular complexity index is 280. The van der Waals surface area contributed by atoms with Crippen molar-refractivity contribution < 1.29 is 4.79 Å². The minimum atomic E-state index is 0.0686. The third-order valence-electron chi connectivity index (χ3n) is 2.02. The summed E-state index contributed by atoms with van der Waals surface area (Å²) in [5.41, 5.74) is 1.23. The fourth-order valence-corrected chi connectivity index (χ4v) is 1.12. The first-order chi connectivity index (χ1) is 6.70. The van der Waals surface area contributed by atoms with E-state index in [0.717, 1.165) is 6.42 Å². The standard InChI is InChI=1S/C12H16NO/c1-10(2)12(14)13-9-8-11-6-4-3-5-7-11/h4-7,10H,8-9H2,1-2H3,(H,13,14). The number of hydrogen-bond acceptors (Lipinski definition) is 1. The Labute approximate surface area is 85.3 Å². The van der Waals surface area contributed by atoms with Crippen LogP contribution in [-0.4, -0.2) is 12.5 Å². The van der Waals surface area contributed by atoms with Gasteiger partial charge in [-0.2, -0.15) is 0 Å². The lowest BCUT2D eigenvalue weighted by atomic mass is 10.1. The van der Waals surface area contributed by atoms with Gasteiger partial charge in [0.25, 0.3) is 0 Å². The van der Waals surface area contributed by atoms with Crippen LogP contribution in [0.3, 0.4) is 0 Å². The zero-order valence-electron chi connectivity index (χ0n) is 8.71. The maximum atomic E-state index is 11.2. The van der Waals surface area contributed by atoms with Gasteiger partial charge in [0, 0.05) is 12.5 Å². The van der Waals surface area contributed by atoms with Crippen LogP contribution in [-0.2, 0) is 11.2 Å².